The van der Waals surface area contributed by atoms with Crippen molar-refractivity contribution in [3.8, 4) is 0 Å². The molecule has 21 heavy (non-hydrogen) atoms. The fourth-order valence-electron chi connectivity index (χ4n) is 2.28. The number of piperidine rings is 1. The normalized spacial score (nSPS) is 18.0. The molecule has 4 N–H and O–H groups in total. The number of aliphatic hydroxyl groups excluding tert-OH is 1. The van der Waals surface area contributed by atoms with Crippen LogP contribution in [-0.2, 0) is 4.79 Å². The van der Waals surface area contributed by atoms with Gasteiger partial charge in [-0.15, -0.1) is 0 Å². The highest BCUT2D eigenvalue weighted by atomic mass is 16.3. The van der Waals surface area contributed by atoms with E-state index in [2.05, 4.69) is 16.0 Å². The number of amides is 2. The van der Waals surface area contributed by atoms with E-state index in [9.17, 15) is 9.59 Å². The zero-order valence-electron chi connectivity index (χ0n) is 11.9. The minimum absolute atomic E-state index is 0.0350. The molecular weight excluding hydrogens is 270 g/mol. The first kappa shape index (κ1) is 15.5. The molecule has 6 nitrogen and oxygen atoms in total. The van der Waals surface area contributed by atoms with Crippen LogP contribution in [0.25, 0.3) is 0 Å². The molecule has 1 saturated heterocycles. The van der Waals surface area contributed by atoms with Crippen molar-refractivity contribution in [2.75, 3.05) is 25.0 Å². The van der Waals surface area contributed by atoms with Crippen LogP contribution in [0, 0.1) is 0 Å². The van der Waals surface area contributed by atoms with E-state index in [1.807, 2.05) is 0 Å². The van der Waals surface area contributed by atoms with E-state index in [0.29, 0.717) is 11.3 Å². The Hall–Kier alpha value is -1.92. The summed E-state index contributed by atoms with van der Waals surface area (Å²) >= 11 is 0. The first-order valence-corrected chi connectivity index (χ1v) is 7.24. The van der Waals surface area contributed by atoms with E-state index in [1.54, 1.807) is 24.3 Å². The van der Waals surface area contributed by atoms with Gasteiger partial charge in [-0.2, -0.15) is 0 Å². The topological polar surface area (TPSA) is 90.5 Å². The molecule has 0 spiro atoms. The van der Waals surface area contributed by atoms with Crippen LogP contribution in [0.1, 0.15) is 29.6 Å². The van der Waals surface area contributed by atoms with Crippen LogP contribution >= 0.6 is 0 Å². The number of hydrogen-bond acceptors (Lipinski definition) is 4. The van der Waals surface area contributed by atoms with E-state index in [1.165, 1.54) is 0 Å². The molecule has 0 unspecified atom stereocenters. The molecule has 0 radical (unpaired) electrons. The minimum atomic E-state index is -0.240. The zero-order valence-corrected chi connectivity index (χ0v) is 11.9. The summed E-state index contributed by atoms with van der Waals surface area (Å²) in [7, 11) is 0. The number of nitrogens with one attached hydrogen (secondary N) is 3. The highest BCUT2D eigenvalue weighted by Crippen LogP contribution is 2.13. The highest BCUT2D eigenvalue weighted by molar-refractivity contribution is 5.97. The van der Waals surface area contributed by atoms with Gasteiger partial charge in [-0.3, -0.25) is 9.59 Å². The second-order valence-electron chi connectivity index (χ2n) is 5.05. The Balaban J connectivity index is 1.89. The third-order valence-corrected chi connectivity index (χ3v) is 3.44. The fourth-order valence-corrected chi connectivity index (χ4v) is 2.28. The van der Waals surface area contributed by atoms with Crippen LogP contribution in [0.15, 0.2) is 24.3 Å². The van der Waals surface area contributed by atoms with E-state index in [0.717, 1.165) is 25.8 Å². The maximum absolute atomic E-state index is 12.0. The summed E-state index contributed by atoms with van der Waals surface area (Å²) < 4.78 is 0. The smallest absolute Gasteiger partial charge is 0.251 e. The number of benzene rings is 1. The summed E-state index contributed by atoms with van der Waals surface area (Å²) in [5, 5.41) is 17.3. The Morgan fingerprint density at radius 2 is 2.00 bits per heavy atom. The minimum Gasteiger partial charge on any atom is -0.395 e. The molecule has 114 valence electrons. The lowest BCUT2D eigenvalue weighted by molar-refractivity contribution is -0.118. The van der Waals surface area contributed by atoms with Crippen molar-refractivity contribution < 1.29 is 14.7 Å². The van der Waals surface area contributed by atoms with Gasteiger partial charge < -0.3 is 21.1 Å². The average molecular weight is 291 g/mol. The summed E-state index contributed by atoms with van der Waals surface area (Å²) in [5.41, 5.74) is 1.17. The van der Waals surface area contributed by atoms with Gasteiger partial charge in [-0.05, 0) is 43.7 Å². The zero-order chi connectivity index (χ0) is 15.1. The van der Waals surface area contributed by atoms with Crippen molar-refractivity contribution in [1.82, 2.24) is 10.6 Å². The van der Waals surface area contributed by atoms with E-state index < -0.39 is 0 Å². The van der Waals surface area contributed by atoms with Crippen molar-refractivity contribution in [2.24, 2.45) is 0 Å². The molecule has 6 heteroatoms. The molecule has 1 atom stereocenters. The Labute approximate surface area is 123 Å². The molecule has 1 aliphatic rings. The first-order chi connectivity index (χ1) is 10.2. The quantitative estimate of drug-likeness (QED) is 0.635. The van der Waals surface area contributed by atoms with E-state index in [-0.39, 0.29) is 31.0 Å². The molecule has 1 aliphatic heterocycles. The Morgan fingerprint density at radius 3 is 2.62 bits per heavy atom. The summed E-state index contributed by atoms with van der Waals surface area (Å²) in [6.45, 7) is 1.01. The third-order valence-electron chi connectivity index (χ3n) is 3.44. The predicted octanol–water partition coefficient (Wildman–Crippen LogP) is 0.489. The van der Waals surface area contributed by atoms with Gasteiger partial charge in [-0.25, -0.2) is 0 Å². The summed E-state index contributed by atoms with van der Waals surface area (Å²) in [6, 6.07) is 6.57. The van der Waals surface area contributed by atoms with Crippen LogP contribution in [0.5, 0.6) is 0 Å². The highest BCUT2D eigenvalue weighted by Gasteiger charge is 2.20. The molecule has 1 aromatic carbocycles. The van der Waals surface area contributed by atoms with Crippen LogP contribution in [0.3, 0.4) is 0 Å². The van der Waals surface area contributed by atoms with Gasteiger partial charge >= 0.3 is 0 Å². The molecule has 1 fully saturated rings. The number of aliphatic hydroxyl groups is 1. The number of carbonyl (C=O) groups excluding carboxylic acids is 2. The number of carbonyl (C=O) groups is 2. The Kier molecular flexibility index (Phi) is 5.71. The van der Waals surface area contributed by atoms with Crippen molar-refractivity contribution >= 4 is 17.5 Å². The summed E-state index contributed by atoms with van der Waals surface area (Å²) in [4.78, 5) is 23.7. The Bertz CT molecular complexity index is 481. The molecule has 0 aliphatic carbocycles. The van der Waals surface area contributed by atoms with Gasteiger partial charge in [0.25, 0.3) is 5.91 Å². The third kappa shape index (κ3) is 4.54. The number of anilines is 1. The number of rotatable bonds is 5. The monoisotopic (exact) mass is 291 g/mol. The molecule has 0 saturated carbocycles. The molecule has 0 bridgehead atoms. The molecule has 0 aromatic heterocycles. The van der Waals surface area contributed by atoms with E-state index in [4.69, 9.17) is 5.11 Å². The van der Waals surface area contributed by atoms with Crippen molar-refractivity contribution in [3.63, 3.8) is 0 Å². The van der Waals surface area contributed by atoms with Gasteiger partial charge in [0.15, 0.2) is 0 Å². The van der Waals surface area contributed by atoms with Crippen LogP contribution < -0.4 is 16.0 Å². The predicted molar refractivity (Wildman–Crippen MR) is 80.1 cm³/mol. The fraction of sp³-hybridized carbons (Fsp3) is 0.467. The van der Waals surface area contributed by atoms with Gasteiger partial charge in [0.1, 0.15) is 0 Å². The second-order valence-corrected chi connectivity index (χ2v) is 5.05. The molecule has 1 aromatic rings. The van der Waals surface area contributed by atoms with Gasteiger partial charge in [0.05, 0.1) is 12.6 Å². The summed E-state index contributed by atoms with van der Waals surface area (Å²) in [6.07, 6.45) is 3.03. The molecule has 2 rings (SSSR count). The number of hydrogen-bond donors (Lipinski definition) is 4. The average Bonchev–Trinajstić information content (AvgIpc) is 2.54. The van der Waals surface area contributed by atoms with Crippen molar-refractivity contribution in [3.05, 3.63) is 29.8 Å². The second kappa shape index (κ2) is 7.75. The van der Waals surface area contributed by atoms with Gasteiger partial charge in [-0.1, -0.05) is 6.42 Å². The molecule has 1 heterocycles. The lowest BCUT2D eigenvalue weighted by atomic mass is 10.0. The maximum Gasteiger partial charge on any atom is 0.251 e. The van der Waals surface area contributed by atoms with Crippen LogP contribution in [0.4, 0.5) is 5.69 Å². The van der Waals surface area contributed by atoms with Gasteiger partial charge in [0.2, 0.25) is 5.91 Å². The lowest BCUT2D eigenvalue weighted by Crippen LogP contribution is -2.43. The summed E-state index contributed by atoms with van der Waals surface area (Å²) in [5.74, 6) is -0.275. The molecular formula is C15H21N3O3. The van der Waals surface area contributed by atoms with Gasteiger partial charge in [0, 0.05) is 17.8 Å². The Morgan fingerprint density at radius 1 is 1.24 bits per heavy atom. The van der Waals surface area contributed by atoms with Crippen LogP contribution in [-0.4, -0.2) is 42.7 Å². The maximum atomic E-state index is 12.0. The first-order valence-electron chi connectivity index (χ1n) is 7.24. The van der Waals surface area contributed by atoms with Crippen LogP contribution in [0.2, 0.25) is 0 Å². The SMILES string of the molecule is O=C(NCCO)c1ccc(NC(=O)[C@H]2CCCCN2)cc1. The lowest BCUT2D eigenvalue weighted by Gasteiger charge is -2.22. The molecule has 2 amide bonds. The standard InChI is InChI=1S/C15H21N3O3/c19-10-9-17-14(20)11-4-6-12(7-5-11)18-15(21)13-3-1-2-8-16-13/h4-7,13,16,19H,1-3,8-10H2,(H,17,20)(H,18,21)/t13-/m1/s1. The van der Waals surface area contributed by atoms with Crippen molar-refractivity contribution in [1.29, 1.82) is 0 Å². The van der Waals surface area contributed by atoms with E-state index >= 15 is 0 Å². The van der Waals surface area contributed by atoms with Crippen molar-refractivity contribution in [2.45, 2.75) is 25.3 Å². The largest absolute Gasteiger partial charge is 0.395 e.